The highest BCUT2D eigenvalue weighted by Crippen LogP contribution is 1.91. The summed E-state index contributed by atoms with van der Waals surface area (Å²) in [6.45, 7) is 2.31. The van der Waals surface area contributed by atoms with Crippen LogP contribution in [0.1, 0.15) is 0 Å². The van der Waals surface area contributed by atoms with Crippen molar-refractivity contribution in [3.05, 3.63) is 0 Å². The minimum atomic E-state index is -0.281. The van der Waals surface area contributed by atoms with Gasteiger partial charge in [-0.15, -0.1) is 0 Å². The molecule has 0 aliphatic rings. The molecule has 0 aliphatic carbocycles. The Morgan fingerprint density at radius 3 is 2.15 bits per heavy atom. The van der Waals surface area contributed by atoms with Crippen molar-refractivity contribution in [3.63, 3.8) is 0 Å². The second kappa shape index (κ2) is 10.4. The number of rotatable bonds is 9. The lowest BCUT2D eigenvalue weighted by Gasteiger charge is -2.13. The van der Waals surface area contributed by atoms with Crippen molar-refractivity contribution >= 4 is 15.9 Å². The second-order valence-corrected chi connectivity index (χ2v) is 3.07. The van der Waals surface area contributed by atoms with Crippen LogP contribution in [0.15, 0.2) is 0 Å². The average Bonchev–Trinajstić information content (AvgIpc) is 2.17. The molecule has 0 N–H and O–H groups in total. The maximum atomic E-state index is 5.23. The van der Waals surface area contributed by atoms with Crippen LogP contribution in [-0.4, -0.2) is 52.3 Å². The van der Waals surface area contributed by atoms with Crippen molar-refractivity contribution in [1.29, 1.82) is 0 Å². The number of ether oxygens (including phenoxy) is 4. The summed E-state index contributed by atoms with van der Waals surface area (Å²) in [5, 5.41) is 0.853. The van der Waals surface area contributed by atoms with Crippen LogP contribution in [0.5, 0.6) is 0 Å². The highest BCUT2D eigenvalue weighted by molar-refractivity contribution is 9.09. The molecule has 0 spiro atoms. The molecular weight excluding hydrogens is 240 g/mol. The van der Waals surface area contributed by atoms with Crippen molar-refractivity contribution in [2.24, 2.45) is 0 Å². The predicted octanol–water partition coefficient (Wildman–Crippen LogP) is 1.03. The van der Waals surface area contributed by atoms with Gasteiger partial charge in [0.15, 0.2) is 6.29 Å². The molecule has 0 radical (unpaired) electrons. The van der Waals surface area contributed by atoms with Gasteiger partial charge in [-0.2, -0.15) is 0 Å². The van der Waals surface area contributed by atoms with Crippen LogP contribution >= 0.6 is 15.9 Å². The molecule has 0 fully saturated rings. The van der Waals surface area contributed by atoms with E-state index in [1.54, 1.807) is 14.2 Å². The fourth-order valence-corrected chi connectivity index (χ4v) is 0.915. The largest absolute Gasteiger partial charge is 0.378 e. The first kappa shape index (κ1) is 13.3. The Hall–Kier alpha value is 0.320. The molecule has 80 valence electrons. The molecule has 0 unspecified atom stereocenters. The van der Waals surface area contributed by atoms with Crippen molar-refractivity contribution in [1.82, 2.24) is 0 Å². The van der Waals surface area contributed by atoms with Gasteiger partial charge in [0, 0.05) is 19.5 Å². The zero-order valence-electron chi connectivity index (χ0n) is 8.12. The van der Waals surface area contributed by atoms with E-state index in [1.807, 2.05) is 0 Å². The van der Waals surface area contributed by atoms with Crippen LogP contribution in [0.2, 0.25) is 0 Å². The molecule has 0 aromatic heterocycles. The maximum Gasteiger partial charge on any atom is 0.180 e. The predicted molar refractivity (Wildman–Crippen MR) is 53.2 cm³/mol. The third kappa shape index (κ3) is 8.64. The Bertz CT molecular complexity index is 98.1. The van der Waals surface area contributed by atoms with Gasteiger partial charge in [-0.1, -0.05) is 15.9 Å². The van der Waals surface area contributed by atoms with E-state index in [4.69, 9.17) is 18.9 Å². The number of hydrogen-bond donors (Lipinski definition) is 0. The molecule has 0 aliphatic heterocycles. The van der Waals surface area contributed by atoms with Crippen molar-refractivity contribution in [3.8, 4) is 0 Å². The quantitative estimate of drug-likeness (QED) is 0.351. The van der Waals surface area contributed by atoms with E-state index in [9.17, 15) is 0 Å². The number of methoxy groups -OCH3 is 2. The van der Waals surface area contributed by atoms with Crippen LogP contribution in [0, 0.1) is 0 Å². The minimum Gasteiger partial charge on any atom is -0.378 e. The van der Waals surface area contributed by atoms with Gasteiger partial charge in [-0.25, -0.2) is 0 Å². The molecule has 0 heterocycles. The molecule has 4 nitrogen and oxygen atoms in total. The molecule has 13 heavy (non-hydrogen) atoms. The van der Waals surface area contributed by atoms with Gasteiger partial charge in [0.2, 0.25) is 0 Å². The van der Waals surface area contributed by atoms with Crippen LogP contribution < -0.4 is 0 Å². The fourth-order valence-electron chi connectivity index (χ4n) is 0.686. The van der Waals surface area contributed by atoms with Crippen LogP contribution in [0.25, 0.3) is 0 Å². The van der Waals surface area contributed by atoms with E-state index in [-0.39, 0.29) is 6.29 Å². The van der Waals surface area contributed by atoms with Crippen LogP contribution in [0.4, 0.5) is 0 Å². The van der Waals surface area contributed by atoms with E-state index in [0.29, 0.717) is 26.4 Å². The summed E-state index contributed by atoms with van der Waals surface area (Å²) in [6.07, 6.45) is -0.281. The first-order chi connectivity index (χ1) is 6.35. The van der Waals surface area contributed by atoms with Gasteiger partial charge in [-0.05, 0) is 0 Å². The molecule has 0 atom stereocenters. The van der Waals surface area contributed by atoms with E-state index in [1.165, 1.54) is 0 Å². The Labute approximate surface area is 87.6 Å². The summed E-state index contributed by atoms with van der Waals surface area (Å²) >= 11 is 3.26. The fraction of sp³-hybridized carbons (Fsp3) is 1.00. The minimum absolute atomic E-state index is 0.281. The molecule has 0 saturated carbocycles. The monoisotopic (exact) mass is 256 g/mol. The van der Waals surface area contributed by atoms with Crippen molar-refractivity contribution in [2.75, 3.05) is 46.0 Å². The Morgan fingerprint density at radius 1 is 1.00 bits per heavy atom. The summed E-state index contributed by atoms with van der Waals surface area (Å²) in [5.74, 6) is 0. The van der Waals surface area contributed by atoms with E-state index in [2.05, 4.69) is 15.9 Å². The van der Waals surface area contributed by atoms with Gasteiger partial charge in [-0.3, -0.25) is 0 Å². The molecule has 0 aromatic carbocycles. The number of hydrogen-bond acceptors (Lipinski definition) is 4. The topological polar surface area (TPSA) is 36.9 Å². The Morgan fingerprint density at radius 2 is 1.62 bits per heavy atom. The molecular formula is C8H17BrO4. The van der Waals surface area contributed by atoms with Gasteiger partial charge in [0.05, 0.1) is 26.4 Å². The van der Waals surface area contributed by atoms with Gasteiger partial charge < -0.3 is 18.9 Å². The molecule has 0 saturated heterocycles. The maximum absolute atomic E-state index is 5.23. The SMILES string of the molecule is COC(COCCOCCBr)OC. The Kier molecular flexibility index (Phi) is 10.7. The third-order valence-electron chi connectivity index (χ3n) is 1.37. The van der Waals surface area contributed by atoms with E-state index < -0.39 is 0 Å². The lowest BCUT2D eigenvalue weighted by molar-refractivity contribution is -0.143. The van der Waals surface area contributed by atoms with Crippen LogP contribution in [0.3, 0.4) is 0 Å². The zero-order valence-corrected chi connectivity index (χ0v) is 9.71. The van der Waals surface area contributed by atoms with Crippen LogP contribution in [-0.2, 0) is 18.9 Å². The highest BCUT2D eigenvalue weighted by atomic mass is 79.9. The first-order valence-electron chi connectivity index (χ1n) is 4.12. The molecule has 0 bridgehead atoms. The normalized spacial score (nSPS) is 11.1. The first-order valence-corrected chi connectivity index (χ1v) is 5.24. The number of halogens is 1. The zero-order chi connectivity index (χ0) is 9.94. The Balaban J connectivity index is 3.05. The molecule has 5 heteroatoms. The summed E-state index contributed by atoms with van der Waals surface area (Å²) in [4.78, 5) is 0. The average molecular weight is 257 g/mol. The molecule has 0 aromatic rings. The summed E-state index contributed by atoms with van der Waals surface area (Å²) < 4.78 is 20.3. The summed E-state index contributed by atoms with van der Waals surface area (Å²) in [5.41, 5.74) is 0. The lowest BCUT2D eigenvalue weighted by atomic mass is 10.6. The van der Waals surface area contributed by atoms with E-state index in [0.717, 1.165) is 5.33 Å². The van der Waals surface area contributed by atoms with Gasteiger partial charge in [0.1, 0.15) is 0 Å². The summed E-state index contributed by atoms with van der Waals surface area (Å²) in [7, 11) is 3.16. The standard InChI is InChI=1S/C8H17BrO4/c1-10-8(11-2)7-13-6-5-12-4-3-9/h8H,3-7H2,1-2H3. The lowest BCUT2D eigenvalue weighted by Crippen LogP contribution is -2.21. The van der Waals surface area contributed by atoms with Gasteiger partial charge in [0.25, 0.3) is 0 Å². The van der Waals surface area contributed by atoms with E-state index >= 15 is 0 Å². The van der Waals surface area contributed by atoms with Gasteiger partial charge >= 0.3 is 0 Å². The van der Waals surface area contributed by atoms with Crippen molar-refractivity contribution in [2.45, 2.75) is 6.29 Å². The second-order valence-electron chi connectivity index (χ2n) is 2.28. The highest BCUT2D eigenvalue weighted by Gasteiger charge is 2.03. The number of alkyl halides is 1. The summed E-state index contributed by atoms with van der Waals surface area (Å²) in [6, 6.07) is 0. The molecule has 0 rings (SSSR count). The third-order valence-corrected chi connectivity index (χ3v) is 1.70. The van der Waals surface area contributed by atoms with Crippen molar-refractivity contribution < 1.29 is 18.9 Å². The smallest absolute Gasteiger partial charge is 0.180 e. The molecule has 0 amide bonds.